The number of nitrogens with zero attached hydrogens (tertiary/aromatic N) is 4. The number of rotatable bonds is 3. The molecule has 2 heterocycles. The maximum atomic E-state index is 13.7. The Morgan fingerprint density at radius 1 is 1.20 bits per heavy atom. The van der Waals surface area contributed by atoms with Crippen LogP contribution in [0.15, 0.2) is 29.8 Å². The van der Waals surface area contributed by atoms with Gasteiger partial charge in [0.1, 0.15) is 11.3 Å². The fraction of sp³-hybridized carbons (Fsp3) is 0.385. The first-order chi connectivity index (χ1) is 9.74. The van der Waals surface area contributed by atoms with Crippen LogP contribution in [-0.4, -0.2) is 40.9 Å². The van der Waals surface area contributed by atoms with E-state index in [1.807, 2.05) is 16.8 Å². The summed E-state index contributed by atoms with van der Waals surface area (Å²) < 4.78 is 16.4. The summed E-state index contributed by atoms with van der Waals surface area (Å²) in [5.41, 5.74) is 2.45. The van der Waals surface area contributed by atoms with Crippen molar-refractivity contribution >= 4 is 29.2 Å². The molecule has 4 nitrogen and oxygen atoms in total. The minimum absolute atomic E-state index is 0.150. The third-order valence-electron chi connectivity index (χ3n) is 3.45. The number of anilines is 1. The first-order valence-electron chi connectivity index (χ1n) is 6.46. The zero-order valence-electron chi connectivity index (χ0n) is 10.9. The molecule has 1 aliphatic rings. The highest BCUT2D eigenvalue weighted by molar-refractivity contribution is 7.73. The van der Waals surface area contributed by atoms with Crippen LogP contribution in [0.5, 0.6) is 0 Å². The van der Waals surface area contributed by atoms with E-state index in [9.17, 15) is 4.39 Å². The first-order valence-corrected chi connectivity index (χ1v) is 7.75. The van der Waals surface area contributed by atoms with Crippen molar-refractivity contribution in [2.45, 2.75) is 6.67 Å². The molecule has 1 saturated heterocycles. The lowest BCUT2D eigenvalue weighted by Gasteiger charge is -2.35. The zero-order valence-corrected chi connectivity index (χ0v) is 12.5. The van der Waals surface area contributed by atoms with Gasteiger partial charge >= 0.3 is 0 Å². The molecule has 0 saturated carbocycles. The highest BCUT2D eigenvalue weighted by Crippen LogP contribution is 2.20. The molecule has 106 valence electrons. The Balaban J connectivity index is 1.61. The third kappa shape index (κ3) is 2.89. The van der Waals surface area contributed by atoms with E-state index in [1.165, 1.54) is 17.4 Å². The van der Waals surface area contributed by atoms with Gasteiger partial charge in [-0.1, -0.05) is 23.5 Å². The molecule has 0 amide bonds. The monoisotopic (exact) mass is 310 g/mol. The molecule has 0 spiro atoms. The number of hydrogen-bond donors (Lipinski definition) is 0. The van der Waals surface area contributed by atoms with Gasteiger partial charge in [-0.15, -0.1) is 0 Å². The van der Waals surface area contributed by atoms with E-state index in [2.05, 4.69) is 14.9 Å². The lowest BCUT2D eigenvalue weighted by molar-refractivity contribution is 0.195. The van der Waals surface area contributed by atoms with Crippen LogP contribution in [0.2, 0.25) is 0 Å². The van der Waals surface area contributed by atoms with Gasteiger partial charge in [0.2, 0.25) is 0 Å². The molecular weight excluding hydrogens is 295 g/mol. The van der Waals surface area contributed by atoms with Crippen molar-refractivity contribution in [1.29, 1.82) is 0 Å². The number of benzene rings is 1. The van der Waals surface area contributed by atoms with Crippen molar-refractivity contribution in [2.75, 3.05) is 31.1 Å². The Labute approximate surface area is 126 Å². The topological polar surface area (TPSA) is 24.3 Å². The zero-order chi connectivity index (χ0) is 13.9. The van der Waals surface area contributed by atoms with E-state index in [4.69, 9.17) is 12.2 Å². The van der Waals surface area contributed by atoms with Crippen molar-refractivity contribution < 1.29 is 4.39 Å². The molecule has 3 rings (SSSR count). The molecule has 0 aliphatic carbocycles. The van der Waals surface area contributed by atoms with Gasteiger partial charge in [-0.2, -0.15) is 5.10 Å². The SMILES string of the molecule is Fc1ccccc1N1CCN(Cn2ncsc2=S)CC1. The van der Waals surface area contributed by atoms with Gasteiger partial charge in [0.05, 0.1) is 12.4 Å². The van der Waals surface area contributed by atoms with E-state index >= 15 is 0 Å². The minimum Gasteiger partial charge on any atom is -0.367 e. The summed E-state index contributed by atoms with van der Waals surface area (Å²) >= 11 is 6.68. The predicted molar refractivity (Wildman–Crippen MR) is 81.1 cm³/mol. The van der Waals surface area contributed by atoms with Crippen molar-refractivity contribution in [3.8, 4) is 0 Å². The Bertz CT molecular complexity index is 631. The van der Waals surface area contributed by atoms with Crippen molar-refractivity contribution in [2.24, 2.45) is 0 Å². The molecule has 0 atom stereocenters. The van der Waals surface area contributed by atoms with Crippen LogP contribution >= 0.6 is 23.6 Å². The van der Waals surface area contributed by atoms with Crippen LogP contribution in [-0.2, 0) is 6.67 Å². The van der Waals surface area contributed by atoms with E-state index < -0.39 is 0 Å². The summed E-state index contributed by atoms with van der Waals surface area (Å²) in [6, 6.07) is 6.94. The van der Waals surface area contributed by atoms with Crippen LogP contribution < -0.4 is 4.90 Å². The molecular formula is C13H15FN4S2. The predicted octanol–water partition coefficient (Wildman–Crippen LogP) is 2.59. The van der Waals surface area contributed by atoms with Crippen LogP contribution in [0.4, 0.5) is 10.1 Å². The summed E-state index contributed by atoms with van der Waals surface area (Å²) in [5.74, 6) is -0.150. The normalized spacial score (nSPS) is 16.6. The molecule has 20 heavy (non-hydrogen) atoms. The summed E-state index contributed by atoms with van der Waals surface area (Å²) in [7, 11) is 0. The van der Waals surface area contributed by atoms with Gasteiger partial charge in [0.15, 0.2) is 3.95 Å². The summed E-state index contributed by atoms with van der Waals surface area (Å²) in [6.07, 6.45) is 0. The second-order valence-electron chi connectivity index (χ2n) is 4.70. The summed E-state index contributed by atoms with van der Waals surface area (Å²) in [6.45, 7) is 4.12. The fourth-order valence-corrected chi connectivity index (χ4v) is 3.07. The number of hydrogen-bond acceptors (Lipinski definition) is 5. The van der Waals surface area contributed by atoms with Gasteiger partial charge in [-0.05, 0) is 24.4 Å². The van der Waals surface area contributed by atoms with Crippen LogP contribution in [0, 0.1) is 9.77 Å². The average Bonchev–Trinajstić information content (AvgIpc) is 2.86. The Kier molecular flexibility index (Phi) is 4.09. The smallest absolute Gasteiger partial charge is 0.180 e. The van der Waals surface area contributed by atoms with Crippen molar-refractivity contribution in [1.82, 2.24) is 14.7 Å². The molecule has 0 N–H and O–H groups in total. The molecule has 1 aliphatic heterocycles. The van der Waals surface area contributed by atoms with Crippen molar-refractivity contribution in [3.63, 3.8) is 0 Å². The number of para-hydroxylation sites is 1. The highest BCUT2D eigenvalue weighted by Gasteiger charge is 2.19. The van der Waals surface area contributed by atoms with Crippen molar-refractivity contribution in [3.05, 3.63) is 39.5 Å². The van der Waals surface area contributed by atoms with Gasteiger partial charge < -0.3 is 4.90 Å². The summed E-state index contributed by atoms with van der Waals surface area (Å²) in [4.78, 5) is 4.37. The van der Waals surface area contributed by atoms with E-state index in [-0.39, 0.29) is 5.82 Å². The standard InChI is InChI=1S/C13H15FN4S2/c14-11-3-1-2-4-12(11)17-7-5-16(6-8-17)10-18-13(19)20-9-15-18/h1-4,9H,5-8,10H2. The molecule has 0 unspecified atom stereocenters. The van der Waals surface area contributed by atoms with Gasteiger partial charge in [0.25, 0.3) is 0 Å². The molecule has 7 heteroatoms. The van der Waals surface area contributed by atoms with E-state index in [1.54, 1.807) is 11.6 Å². The fourth-order valence-electron chi connectivity index (χ4n) is 2.36. The summed E-state index contributed by atoms with van der Waals surface area (Å²) in [5, 5.41) is 4.22. The maximum Gasteiger partial charge on any atom is 0.180 e. The first kappa shape index (κ1) is 13.7. The number of halogens is 1. The minimum atomic E-state index is -0.150. The number of aromatic nitrogens is 2. The largest absolute Gasteiger partial charge is 0.367 e. The molecule has 2 aromatic rings. The average molecular weight is 310 g/mol. The van der Waals surface area contributed by atoms with E-state index in [0.717, 1.165) is 30.1 Å². The lowest BCUT2D eigenvalue weighted by atomic mass is 10.2. The molecule has 1 aromatic heterocycles. The van der Waals surface area contributed by atoms with Gasteiger partial charge in [-0.25, -0.2) is 9.07 Å². The molecule has 0 radical (unpaired) electrons. The maximum absolute atomic E-state index is 13.7. The highest BCUT2D eigenvalue weighted by atomic mass is 32.1. The van der Waals surface area contributed by atoms with Gasteiger partial charge in [-0.3, -0.25) is 4.90 Å². The molecule has 1 aromatic carbocycles. The lowest BCUT2D eigenvalue weighted by Crippen LogP contribution is -2.47. The third-order valence-corrected chi connectivity index (χ3v) is 4.56. The van der Waals surface area contributed by atoms with E-state index in [0.29, 0.717) is 12.4 Å². The Morgan fingerprint density at radius 3 is 2.60 bits per heavy atom. The van der Waals surface area contributed by atoms with Crippen LogP contribution in [0.25, 0.3) is 0 Å². The van der Waals surface area contributed by atoms with Crippen LogP contribution in [0.1, 0.15) is 0 Å². The molecule has 1 fully saturated rings. The number of piperazine rings is 1. The quantitative estimate of drug-likeness (QED) is 0.813. The molecule has 0 bridgehead atoms. The Hall–Kier alpha value is -1.31. The second kappa shape index (κ2) is 5.99. The van der Waals surface area contributed by atoms with Gasteiger partial charge in [0, 0.05) is 26.2 Å². The second-order valence-corrected chi connectivity index (χ2v) is 6.18. The Morgan fingerprint density at radius 2 is 1.95 bits per heavy atom. The van der Waals surface area contributed by atoms with Crippen LogP contribution in [0.3, 0.4) is 0 Å².